The van der Waals surface area contributed by atoms with Gasteiger partial charge >= 0.3 is 0 Å². The molecule has 0 fully saturated rings. The Morgan fingerprint density at radius 2 is 1.72 bits per heavy atom. The maximum Gasteiger partial charge on any atom is 0.291 e. The maximum absolute atomic E-state index is 12.6. The van der Waals surface area contributed by atoms with Crippen molar-refractivity contribution in [1.82, 2.24) is 0 Å². The molecule has 0 radical (unpaired) electrons. The van der Waals surface area contributed by atoms with Gasteiger partial charge in [-0.3, -0.25) is 9.59 Å². The van der Waals surface area contributed by atoms with E-state index < -0.39 is 11.8 Å². The lowest BCUT2D eigenvalue weighted by Gasteiger charge is -2.12. The molecule has 0 spiro atoms. The van der Waals surface area contributed by atoms with E-state index in [1.54, 1.807) is 54.6 Å². The van der Waals surface area contributed by atoms with Crippen molar-refractivity contribution in [3.05, 3.63) is 88.5 Å². The SMILES string of the molecule is COc1cc(NC(=O)c2ccc(-c3cccc(Cl)c3Cl)o2)ccc1NC(=O)c1ccco1. The van der Waals surface area contributed by atoms with Crippen LogP contribution >= 0.6 is 23.2 Å². The van der Waals surface area contributed by atoms with Crippen LogP contribution < -0.4 is 15.4 Å². The van der Waals surface area contributed by atoms with Crippen molar-refractivity contribution in [1.29, 1.82) is 0 Å². The summed E-state index contributed by atoms with van der Waals surface area (Å²) in [5.74, 6) is 0.129. The molecule has 2 heterocycles. The number of furan rings is 2. The minimum Gasteiger partial charge on any atom is -0.494 e. The number of anilines is 2. The highest BCUT2D eigenvalue weighted by Crippen LogP contribution is 2.34. The number of halogens is 2. The Kier molecular flexibility index (Phi) is 6.20. The van der Waals surface area contributed by atoms with Gasteiger partial charge in [0.05, 0.1) is 29.1 Å². The fraction of sp³-hybridized carbons (Fsp3) is 0.0435. The van der Waals surface area contributed by atoms with Gasteiger partial charge in [0.15, 0.2) is 11.5 Å². The van der Waals surface area contributed by atoms with Gasteiger partial charge in [-0.25, -0.2) is 0 Å². The first-order valence-corrected chi connectivity index (χ1v) is 10.1. The second-order valence-electron chi connectivity index (χ2n) is 6.57. The fourth-order valence-corrected chi connectivity index (χ4v) is 3.35. The molecule has 7 nitrogen and oxygen atoms in total. The topological polar surface area (TPSA) is 93.7 Å². The molecule has 9 heteroatoms. The number of rotatable bonds is 6. The van der Waals surface area contributed by atoms with Crippen LogP contribution in [0.15, 0.2) is 75.8 Å². The van der Waals surface area contributed by atoms with E-state index in [2.05, 4.69) is 10.6 Å². The summed E-state index contributed by atoms with van der Waals surface area (Å²) in [5, 5.41) is 6.15. The van der Waals surface area contributed by atoms with Crippen molar-refractivity contribution in [3.63, 3.8) is 0 Å². The fourth-order valence-electron chi connectivity index (χ4n) is 2.96. The summed E-state index contributed by atoms with van der Waals surface area (Å²) >= 11 is 12.3. The van der Waals surface area contributed by atoms with Gasteiger partial charge in [0.2, 0.25) is 0 Å². The molecule has 2 aromatic carbocycles. The molecule has 162 valence electrons. The van der Waals surface area contributed by atoms with Crippen LogP contribution in [0, 0.1) is 0 Å². The molecule has 0 saturated heterocycles. The zero-order chi connectivity index (χ0) is 22.7. The van der Waals surface area contributed by atoms with E-state index in [9.17, 15) is 9.59 Å². The van der Waals surface area contributed by atoms with Gasteiger partial charge in [0.1, 0.15) is 11.5 Å². The van der Waals surface area contributed by atoms with Gasteiger partial charge in [0, 0.05) is 17.3 Å². The Labute approximate surface area is 192 Å². The highest BCUT2D eigenvalue weighted by Gasteiger charge is 2.17. The summed E-state index contributed by atoms with van der Waals surface area (Å²) in [6.07, 6.45) is 1.41. The largest absolute Gasteiger partial charge is 0.494 e. The molecular formula is C23H16Cl2N2O5. The quantitative estimate of drug-likeness (QED) is 0.341. The average molecular weight is 471 g/mol. The first-order chi connectivity index (χ1) is 15.5. The summed E-state index contributed by atoms with van der Waals surface area (Å²) in [4.78, 5) is 24.8. The number of amides is 2. The predicted molar refractivity (Wildman–Crippen MR) is 122 cm³/mol. The van der Waals surface area contributed by atoms with Crippen molar-refractivity contribution in [2.24, 2.45) is 0 Å². The number of hydrogen-bond donors (Lipinski definition) is 2. The third-order valence-corrected chi connectivity index (χ3v) is 5.32. The van der Waals surface area contributed by atoms with Crippen LogP contribution in [0.5, 0.6) is 5.75 Å². The van der Waals surface area contributed by atoms with Gasteiger partial charge in [-0.2, -0.15) is 0 Å². The predicted octanol–water partition coefficient (Wildman–Crippen LogP) is 6.36. The molecule has 4 rings (SSSR count). The summed E-state index contributed by atoms with van der Waals surface area (Å²) in [6.45, 7) is 0. The molecular weight excluding hydrogens is 455 g/mol. The van der Waals surface area contributed by atoms with Crippen LogP contribution in [0.25, 0.3) is 11.3 Å². The molecule has 2 N–H and O–H groups in total. The summed E-state index contributed by atoms with van der Waals surface area (Å²) in [6, 6.07) is 16.3. The van der Waals surface area contributed by atoms with Gasteiger partial charge in [-0.1, -0.05) is 29.3 Å². The Bertz CT molecular complexity index is 1280. The minimum absolute atomic E-state index is 0.0882. The number of ether oxygens (including phenoxy) is 1. The number of nitrogens with one attached hydrogen (secondary N) is 2. The highest BCUT2D eigenvalue weighted by molar-refractivity contribution is 6.43. The smallest absolute Gasteiger partial charge is 0.291 e. The van der Waals surface area contributed by atoms with E-state index in [1.807, 2.05) is 0 Å². The first kappa shape index (κ1) is 21.5. The lowest BCUT2D eigenvalue weighted by atomic mass is 10.2. The molecule has 0 saturated carbocycles. The van der Waals surface area contributed by atoms with E-state index >= 15 is 0 Å². The Morgan fingerprint density at radius 1 is 0.906 bits per heavy atom. The van der Waals surface area contributed by atoms with Crippen molar-refractivity contribution < 1.29 is 23.2 Å². The number of benzene rings is 2. The molecule has 0 atom stereocenters. The third kappa shape index (κ3) is 4.49. The van der Waals surface area contributed by atoms with Crippen LogP contribution in [0.1, 0.15) is 21.1 Å². The number of carbonyl (C=O) groups is 2. The Balaban J connectivity index is 1.49. The molecule has 2 amide bonds. The van der Waals surface area contributed by atoms with Crippen LogP contribution in [-0.2, 0) is 0 Å². The monoisotopic (exact) mass is 470 g/mol. The molecule has 0 aliphatic rings. The lowest BCUT2D eigenvalue weighted by Crippen LogP contribution is -2.13. The highest BCUT2D eigenvalue weighted by atomic mass is 35.5. The van der Waals surface area contributed by atoms with Crippen LogP contribution in [0.3, 0.4) is 0 Å². The molecule has 0 aliphatic heterocycles. The van der Waals surface area contributed by atoms with Gasteiger partial charge in [-0.05, 0) is 48.5 Å². The molecule has 0 bridgehead atoms. The van der Waals surface area contributed by atoms with E-state index in [0.29, 0.717) is 38.5 Å². The standard InChI is InChI=1S/C23H16Cl2N2O5/c1-30-20-12-13(7-8-16(20)27-22(28)18-6-3-11-31-18)26-23(29)19-10-9-17(32-19)14-4-2-5-15(24)21(14)25/h2-12H,1H3,(H,26,29)(H,27,28). The molecule has 4 aromatic rings. The number of methoxy groups -OCH3 is 1. The van der Waals surface area contributed by atoms with Crippen LogP contribution in [0.4, 0.5) is 11.4 Å². The van der Waals surface area contributed by atoms with E-state index in [4.69, 9.17) is 36.8 Å². The summed E-state index contributed by atoms with van der Waals surface area (Å²) in [7, 11) is 1.46. The van der Waals surface area contributed by atoms with Crippen LogP contribution in [0.2, 0.25) is 10.0 Å². The molecule has 32 heavy (non-hydrogen) atoms. The Morgan fingerprint density at radius 3 is 2.47 bits per heavy atom. The lowest BCUT2D eigenvalue weighted by molar-refractivity contribution is 0.0989. The molecule has 2 aromatic heterocycles. The third-order valence-electron chi connectivity index (χ3n) is 4.50. The zero-order valence-electron chi connectivity index (χ0n) is 16.6. The minimum atomic E-state index is -0.469. The van der Waals surface area contributed by atoms with Gasteiger partial charge in [-0.15, -0.1) is 0 Å². The van der Waals surface area contributed by atoms with E-state index in [0.717, 1.165) is 0 Å². The van der Waals surface area contributed by atoms with E-state index in [1.165, 1.54) is 19.4 Å². The van der Waals surface area contributed by atoms with Crippen molar-refractivity contribution in [3.8, 4) is 17.1 Å². The molecule has 0 unspecified atom stereocenters. The van der Waals surface area contributed by atoms with Gasteiger partial charge < -0.3 is 24.2 Å². The summed E-state index contributed by atoms with van der Waals surface area (Å²) in [5.41, 5.74) is 1.45. The van der Waals surface area contributed by atoms with Crippen molar-refractivity contribution in [2.45, 2.75) is 0 Å². The maximum atomic E-state index is 12.6. The second kappa shape index (κ2) is 9.21. The van der Waals surface area contributed by atoms with Crippen LogP contribution in [-0.4, -0.2) is 18.9 Å². The second-order valence-corrected chi connectivity index (χ2v) is 7.35. The first-order valence-electron chi connectivity index (χ1n) is 9.34. The number of carbonyl (C=O) groups excluding carboxylic acids is 2. The number of hydrogen-bond acceptors (Lipinski definition) is 5. The molecule has 0 aliphatic carbocycles. The Hall–Kier alpha value is -3.68. The summed E-state index contributed by atoms with van der Waals surface area (Å²) < 4.78 is 16.1. The van der Waals surface area contributed by atoms with E-state index in [-0.39, 0.29) is 11.5 Å². The van der Waals surface area contributed by atoms with Crippen molar-refractivity contribution >= 4 is 46.4 Å². The normalized spacial score (nSPS) is 10.6. The van der Waals surface area contributed by atoms with Gasteiger partial charge in [0.25, 0.3) is 11.8 Å². The van der Waals surface area contributed by atoms with Crippen molar-refractivity contribution in [2.75, 3.05) is 17.7 Å². The zero-order valence-corrected chi connectivity index (χ0v) is 18.2. The average Bonchev–Trinajstić information content (AvgIpc) is 3.49.